The monoisotopic (exact) mass is 315 g/mol. The summed E-state index contributed by atoms with van der Waals surface area (Å²) in [6.45, 7) is 1.41. The Bertz CT molecular complexity index is 601. The molecule has 0 N–H and O–H groups in total. The molecule has 1 amide bonds. The first-order valence-corrected chi connectivity index (χ1v) is 8.68. The van der Waals surface area contributed by atoms with E-state index in [1.807, 2.05) is 11.0 Å². The molecule has 4 heteroatoms. The van der Waals surface area contributed by atoms with E-state index in [0.29, 0.717) is 6.54 Å². The molecule has 3 nitrogen and oxygen atoms in total. The molecule has 0 radical (unpaired) electrons. The van der Waals surface area contributed by atoms with Gasteiger partial charge in [0.15, 0.2) is 0 Å². The lowest BCUT2D eigenvalue weighted by atomic mass is 9.93. The molecule has 22 heavy (non-hydrogen) atoms. The van der Waals surface area contributed by atoms with Crippen molar-refractivity contribution in [1.82, 2.24) is 4.90 Å². The van der Waals surface area contributed by atoms with Crippen molar-refractivity contribution in [3.05, 3.63) is 58.7 Å². The van der Waals surface area contributed by atoms with Crippen molar-refractivity contribution in [2.45, 2.75) is 32.2 Å². The van der Waals surface area contributed by atoms with Crippen molar-refractivity contribution < 1.29 is 9.21 Å². The third-order valence-electron chi connectivity index (χ3n) is 4.09. The normalized spacial score (nSPS) is 17.5. The Morgan fingerprint density at radius 2 is 2.32 bits per heavy atom. The first kappa shape index (κ1) is 15.1. The summed E-state index contributed by atoms with van der Waals surface area (Å²) >= 11 is 1.75. The molecule has 0 bridgehead atoms. The average Bonchev–Trinajstić information content (AvgIpc) is 3.25. The van der Waals surface area contributed by atoms with Gasteiger partial charge in [0.05, 0.1) is 12.5 Å². The van der Waals surface area contributed by atoms with Crippen molar-refractivity contribution in [3.8, 4) is 0 Å². The zero-order valence-corrected chi connectivity index (χ0v) is 13.4. The molecule has 0 fully saturated rings. The van der Waals surface area contributed by atoms with Gasteiger partial charge in [-0.2, -0.15) is 0 Å². The molecule has 3 rings (SSSR count). The summed E-state index contributed by atoms with van der Waals surface area (Å²) in [6, 6.07) is 6.13. The van der Waals surface area contributed by atoms with Crippen molar-refractivity contribution in [3.63, 3.8) is 0 Å². The number of hydrogen-bond donors (Lipinski definition) is 0. The maximum atomic E-state index is 12.8. The van der Waals surface area contributed by atoms with E-state index in [-0.39, 0.29) is 11.8 Å². The summed E-state index contributed by atoms with van der Waals surface area (Å²) in [5.41, 5.74) is 1.06. The lowest BCUT2D eigenvalue weighted by Crippen LogP contribution is -2.37. The van der Waals surface area contributed by atoms with Crippen LogP contribution >= 0.6 is 11.3 Å². The van der Waals surface area contributed by atoms with Crippen LogP contribution in [0.2, 0.25) is 0 Å². The number of amides is 1. The van der Waals surface area contributed by atoms with Gasteiger partial charge < -0.3 is 9.32 Å². The van der Waals surface area contributed by atoms with Gasteiger partial charge in [0.1, 0.15) is 0 Å². The number of nitrogens with zero attached hydrogens (tertiary/aromatic N) is 1. The van der Waals surface area contributed by atoms with E-state index >= 15 is 0 Å². The molecule has 2 heterocycles. The second-order valence-electron chi connectivity index (χ2n) is 5.70. The number of carbonyl (C=O) groups excluding carboxylic acids is 1. The zero-order chi connectivity index (χ0) is 15.2. The van der Waals surface area contributed by atoms with Crippen LogP contribution in [0.5, 0.6) is 0 Å². The van der Waals surface area contributed by atoms with Crippen LogP contribution in [0.4, 0.5) is 0 Å². The van der Waals surface area contributed by atoms with Gasteiger partial charge in [-0.15, -0.1) is 11.3 Å². The van der Waals surface area contributed by atoms with E-state index in [1.165, 1.54) is 4.88 Å². The highest BCUT2D eigenvalue weighted by Gasteiger charge is 2.24. The minimum absolute atomic E-state index is 0.139. The highest BCUT2D eigenvalue weighted by atomic mass is 32.1. The van der Waals surface area contributed by atoms with Crippen LogP contribution in [0, 0.1) is 5.92 Å². The van der Waals surface area contributed by atoms with Crippen molar-refractivity contribution in [2.75, 3.05) is 6.54 Å². The SMILES string of the molecule is O=C(C1CC=CCC1)N(CCc1cccs1)Cc1ccoc1. The summed E-state index contributed by atoms with van der Waals surface area (Å²) in [5.74, 6) is 0.419. The lowest BCUT2D eigenvalue weighted by Gasteiger charge is -2.27. The fourth-order valence-electron chi connectivity index (χ4n) is 2.85. The average molecular weight is 315 g/mol. The summed E-state index contributed by atoms with van der Waals surface area (Å²) in [6.07, 6.45) is 11.5. The molecule has 0 spiro atoms. The smallest absolute Gasteiger partial charge is 0.226 e. The molecule has 1 unspecified atom stereocenters. The van der Waals surface area contributed by atoms with Crippen molar-refractivity contribution in [2.24, 2.45) is 5.92 Å². The number of furan rings is 1. The summed E-state index contributed by atoms with van der Waals surface area (Å²) < 4.78 is 5.14. The number of rotatable bonds is 6. The van der Waals surface area contributed by atoms with Gasteiger partial charge in [-0.25, -0.2) is 0 Å². The minimum atomic E-state index is 0.139. The predicted octanol–water partition coefficient (Wildman–Crippen LogP) is 4.27. The Kier molecular flexibility index (Phi) is 5.11. The molecule has 2 aromatic rings. The molecule has 2 aromatic heterocycles. The summed E-state index contributed by atoms with van der Waals surface area (Å²) in [4.78, 5) is 16.2. The first-order chi connectivity index (χ1) is 10.8. The molecule has 1 aliphatic carbocycles. The predicted molar refractivity (Wildman–Crippen MR) is 88.6 cm³/mol. The van der Waals surface area contributed by atoms with Gasteiger partial charge in [-0.05, 0) is 43.2 Å². The molecular formula is C18H21NO2S. The van der Waals surface area contributed by atoms with E-state index in [2.05, 4.69) is 29.7 Å². The van der Waals surface area contributed by atoms with Gasteiger partial charge in [0.2, 0.25) is 5.91 Å². The van der Waals surface area contributed by atoms with Crippen LogP contribution in [0.25, 0.3) is 0 Å². The van der Waals surface area contributed by atoms with Crippen LogP contribution in [-0.2, 0) is 17.8 Å². The Balaban J connectivity index is 1.66. The second kappa shape index (κ2) is 7.45. The minimum Gasteiger partial charge on any atom is -0.472 e. The van der Waals surface area contributed by atoms with Gasteiger partial charge in [-0.1, -0.05) is 18.2 Å². The highest BCUT2D eigenvalue weighted by molar-refractivity contribution is 7.09. The number of hydrogen-bond acceptors (Lipinski definition) is 3. The molecule has 0 saturated heterocycles. The molecule has 1 aliphatic rings. The lowest BCUT2D eigenvalue weighted by molar-refractivity contribution is -0.136. The van der Waals surface area contributed by atoms with Crippen LogP contribution in [0.15, 0.2) is 52.7 Å². The zero-order valence-electron chi connectivity index (χ0n) is 12.6. The van der Waals surface area contributed by atoms with Gasteiger partial charge in [0.25, 0.3) is 0 Å². The van der Waals surface area contributed by atoms with Crippen LogP contribution in [0.3, 0.4) is 0 Å². The quantitative estimate of drug-likeness (QED) is 0.746. The molecular weight excluding hydrogens is 294 g/mol. The maximum Gasteiger partial charge on any atom is 0.226 e. The summed E-state index contributed by atoms with van der Waals surface area (Å²) in [5, 5.41) is 2.09. The fourth-order valence-corrected chi connectivity index (χ4v) is 3.54. The largest absolute Gasteiger partial charge is 0.472 e. The number of thiophene rings is 1. The second-order valence-corrected chi connectivity index (χ2v) is 6.73. The van der Waals surface area contributed by atoms with Gasteiger partial charge >= 0.3 is 0 Å². The van der Waals surface area contributed by atoms with Gasteiger partial charge in [0, 0.05) is 29.4 Å². The van der Waals surface area contributed by atoms with E-state index in [9.17, 15) is 4.79 Å². The third kappa shape index (κ3) is 3.89. The molecule has 116 valence electrons. The Labute approximate surface area is 135 Å². The number of carbonyl (C=O) groups is 1. The Morgan fingerprint density at radius 3 is 3.00 bits per heavy atom. The van der Waals surface area contributed by atoms with Crippen molar-refractivity contribution in [1.29, 1.82) is 0 Å². The van der Waals surface area contributed by atoms with Crippen LogP contribution < -0.4 is 0 Å². The first-order valence-electron chi connectivity index (χ1n) is 7.80. The molecule has 0 aromatic carbocycles. The van der Waals surface area contributed by atoms with Crippen LogP contribution in [-0.4, -0.2) is 17.4 Å². The van der Waals surface area contributed by atoms with E-state index < -0.39 is 0 Å². The summed E-state index contributed by atoms with van der Waals surface area (Å²) in [7, 11) is 0. The molecule has 0 saturated carbocycles. The highest BCUT2D eigenvalue weighted by Crippen LogP contribution is 2.22. The van der Waals surface area contributed by atoms with E-state index in [0.717, 1.165) is 37.8 Å². The Morgan fingerprint density at radius 1 is 1.36 bits per heavy atom. The Hall–Kier alpha value is -1.81. The van der Waals surface area contributed by atoms with Gasteiger partial charge in [-0.3, -0.25) is 4.79 Å². The number of allylic oxidation sites excluding steroid dienone is 2. The molecule has 0 aliphatic heterocycles. The van der Waals surface area contributed by atoms with Crippen LogP contribution in [0.1, 0.15) is 29.7 Å². The van der Waals surface area contributed by atoms with E-state index in [1.54, 1.807) is 23.9 Å². The fraction of sp³-hybridized carbons (Fsp3) is 0.389. The topological polar surface area (TPSA) is 33.5 Å². The molecule has 1 atom stereocenters. The standard InChI is InChI=1S/C18H21NO2S/c20-18(16-5-2-1-3-6-16)19(13-15-9-11-21-14-15)10-8-17-7-4-12-22-17/h1-2,4,7,9,11-12,14,16H,3,5-6,8,10,13H2. The van der Waals surface area contributed by atoms with E-state index in [4.69, 9.17) is 4.42 Å². The third-order valence-corrected chi connectivity index (χ3v) is 5.03. The van der Waals surface area contributed by atoms with Crippen molar-refractivity contribution >= 4 is 17.2 Å². The maximum absolute atomic E-state index is 12.8.